The van der Waals surface area contributed by atoms with Crippen molar-refractivity contribution in [2.45, 2.75) is 11.1 Å². The molecular weight excluding hydrogens is 331 g/mol. The molecule has 4 nitrogen and oxygen atoms in total. The third-order valence-corrected chi connectivity index (χ3v) is 3.71. The van der Waals surface area contributed by atoms with E-state index in [0.29, 0.717) is 0 Å². The molecule has 0 radical (unpaired) electrons. The lowest BCUT2D eigenvalue weighted by Crippen LogP contribution is -2.07. The maximum atomic E-state index is 12.5. The second kappa shape index (κ2) is 5.53. The highest BCUT2D eigenvalue weighted by Gasteiger charge is 2.32. The monoisotopic (exact) mass is 337 g/mol. The van der Waals surface area contributed by atoms with Gasteiger partial charge >= 0.3 is 6.18 Å². The van der Waals surface area contributed by atoms with E-state index < -0.39 is 20.9 Å². The average Bonchev–Trinajstić information content (AvgIpc) is 2.37. The number of hydrogen-bond acceptors (Lipinski definition) is 4. The van der Waals surface area contributed by atoms with Gasteiger partial charge in [0.1, 0.15) is 11.4 Å². The van der Waals surface area contributed by atoms with Crippen LogP contribution in [0.1, 0.15) is 5.69 Å². The molecule has 112 valence electrons. The van der Waals surface area contributed by atoms with Crippen LogP contribution in [-0.2, 0) is 15.2 Å². The standard InChI is InChI=1S/C12H7ClF3NO3S/c13-21(18,19)9-6-4-8(5-7-9)20-11-3-1-2-10(17-11)12(14,15)16/h1-7H. The number of nitrogens with zero attached hydrogens (tertiary/aromatic N) is 1. The predicted octanol–water partition coefficient (Wildman–Crippen LogP) is 3.82. The summed E-state index contributed by atoms with van der Waals surface area (Å²) in [5, 5.41) is 0. The molecule has 0 N–H and O–H groups in total. The van der Waals surface area contributed by atoms with Crippen molar-refractivity contribution >= 4 is 19.7 Å². The van der Waals surface area contributed by atoms with Gasteiger partial charge in [0.15, 0.2) is 0 Å². The Labute approximate surface area is 122 Å². The Balaban J connectivity index is 2.23. The van der Waals surface area contributed by atoms with Crippen LogP contribution in [0.2, 0.25) is 0 Å². The molecule has 21 heavy (non-hydrogen) atoms. The molecule has 0 saturated carbocycles. The molecule has 0 aliphatic rings. The average molecular weight is 338 g/mol. The van der Waals surface area contributed by atoms with Gasteiger partial charge in [-0.2, -0.15) is 13.2 Å². The summed E-state index contributed by atoms with van der Waals surface area (Å²) >= 11 is 0. The molecule has 0 bridgehead atoms. The SMILES string of the molecule is O=S(=O)(Cl)c1ccc(Oc2cccc(C(F)(F)F)n2)cc1. The Morgan fingerprint density at radius 3 is 2.19 bits per heavy atom. The van der Waals surface area contributed by atoms with E-state index in [1.165, 1.54) is 30.3 Å². The molecule has 0 aliphatic carbocycles. The number of halogens is 4. The van der Waals surface area contributed by atoms with Crippen molar-refractivity contribution in [3.63, 3.8) is 0 Å². The number of aromatic nitrogens is 1. The van der Waals surface area contributed by atoms with Crippen LogP contribution in [0.5, 0.6) is 11.6 Å². The summed E-state index contributed by atoms with van der Waals surface area (Å²) in [4.78, 5) is 3.17. The Kier molecular flexibility index (Phi) is 4.11. The van der Waals surface area contributed by atoms with Crippen molar-refractivity contribution < 1.29 is 26.3 Å². The van der Waals surface area contributed by atoms with Crippen LogP contribution in [0.3, 0.4) is 0 Å². The zero-order valence-corrected chi connectivity index (χ0v) is 11.7. The fourth-order valence-corrected chi connectivity index (χ4v) is 2.19. The van der Waals surface area contributed by atoms with Crippen molar-refractivity contribution in [3.8, 4) is 11.6 Å². The van der Waals surface area contributed by atoms with Crippen LogP contribution in [0, 0.1) is 0 Å². The quantitative estimate of drug-likeness (QED) is 0.799. The van der Waals surface area contributed by atoms with Crippen LogP contribution < -0.4 is 4.74 Å². The molecule has 0 saturated heterocycles. The fraction of sp³-hybridized carbons (Fsp3) is 0.0833. The summed E-state index contributed by atoms with van der Waals surface area (Å²) in [5.41, 5.74) is -1.08. The van der Waals surface area contributed by atoms with Crippen LogP contribution in [0.25, 0.3) is 0 Å². The molecule has 1 aromatic carbocycles. The summed E-state index contributed by atoms with van der Waals surface area (Å²) in [6.45, 7) is 0. The highest BCUT2D eigenvalue weighted by atomic mass is 35.7. The molecule has 2 rings (SSSR count). The van der Waals surface area contributed by atoms with E-state index in [0.717, 1.165) is 12.1 Å². The van der Waals surface area contributed by atoms with E-state index in [4.69, 9.17) is 15.4 Å². The molecule has 9 heteroatoms. The third kappa shape index (κ3) is 4.08. The van der Waals surface area contributed by atoms with Gasteiger partial charge in [-0.3, -0.25) is 0 Å². The van der Waals surface area contributed by atoms with Gasteiger partial charge in [0.2, 0.25) is 5.88 Å². The zero-order chi connectivity index (χ0) is 15.7. The maximum absolute atomic E-state index is 12.5. The minimum Gasteiger partial charge on any atom is -0.439 e. The first-order valence-corrected chi connectivity index (χ1v) is 7.74. The molecule has 0 amide bonds. The fourth-order valence-electron chi connectivity index (χ4n) is 1.42. The van der Waals surface area contributed by atoms with Crippen molar-refractivity contribution in [1.82, 2.24) is 4.98 Å². The van der Waals surface area contributed by atoms with Crippen molar-refractivity contribution in [2.24, 2.45) is 0 Å². The van der Waals surface area contributed by atoms with Crippen LogP contribution >= 0.6 is 10.7 Å². The number of hydrogen-bond donors (Lipinski definition) is 0. The van der Waals surface area contributed by atoms with Gasteiger partial charge in [0, 0.05) is 16.7 Å². The summed E-state index contributed by atoms with van der Waals surface area (Å²) < 4.78 is 64.7. The summed E-state index contributed by atoms with van der Waals surface area (Å²) in [5.74, 6) is -0.128. The van der Waals surface area contributed by atoms with Crippen molar-refractivity contribution in [1.29, 1.82) is 0 Å². The highest BCUT2D eigenvalue weighted by molar-refractivity contribution is 8.13. The molecule has 2 aromatic rings. The minimum absolute atomic E-state index is 0.130. The van der Waals surface area contributed by atoms with Crippen molar-refractivity contribution in [2.75, 3.05) is 0 Å². The largest absolute Gasteiger partial charge is 0.439 e. The van der Waals surface area contributed by atoms with Gasteiger partial charge in [-0.25, -0.2) is 13.4 Å². The summed E-state index contributed by atoms with van der Waals surface area (Å²) in [6.07, 6.45) is -4.57. The first-order valence-electron chi connectivity index (χ1n) is 5.43. The normalized spacial score (nSPS) is 12.2. The van der Waals surface area contributed by atoms with Gasteiger partial charge in [0.05, 0.1) is 4.90 Å². The molecule has 0 unspecified atom stereocenters. The zero-order valence-electron chi connectivity index (χ0n) is 10.1. The van der Waals surface area contributed by atoms with Crippen LogP contribution in [0.15, 0.2) is 47.4 Å². The topological polar surface area (TPSA) is 56.3 Å². The second-order valence-electron chi connectivity index (χ2n) is 3.87. The smallest absolute Gasteiger partial charge is 0.433 e. The van der Waals surface area contributed by atoms with Gasteiger partial charge in [-0.1, -0.05) is 6.07 Å². The lowest BCUT2D eigenvalue weighted by Gasteiger charge is -2.08. The first kappa shape index (κ1) is 15.6. The van der Waals surface area contributed by atoms with Gasteiger partial charge in [-0.05, 0) is 30.3 Å². The Bertz CT molecular complexity index is 745. The Morgan fingerprint density at radius 2 is 1.67 bits per heavy atom. The maximum Gasteiger partial charge on any atom is 0.433 e. The van der Waals surface area contributed by atoms with E-state index in [2.05, 4.69) is 4.98 Å². The molecule has 0 spiro atoms. The minimum atomic E-state index is -4.57. The molecule has 0 aliphatic heterocycles. The molecular formula is C12H7ClF3NO3S. The van der Waals surface area contributed by atoms with Crippen LogP contribution in [-0.4, -0.2) is 13.4 Å². The summed E-state index contributed by atoms with van der Waals surface area (Å²) in [6, 6.07) is 8.09. The van der Waals surface area contributed by atoms with Gasteiger partial charge in [-0.15, -0.1) is 0 Å². The highest BCUT2D eigenvalue weighted by Crippen LogP contribution is 2.30. The second-order valence-corrected chi connectivity index (χ2v) is 6.44. The number of benzene rings is 1. The number of pyridine rings is 1. The molecule has 0 atom stereocenters. The Hall–Kier alpha value is -1.80. The number of alkyl halides is 3. The van der Waals surface area contributed by atoms with Gasteiger partial charge < -0.3 is 4.74 Å². The first-order chi connectivity index (χ1) is 9.66. The van der Waals surface area contributed by atoms with Crippen molar-refractivity contribution in [3.05, 3.63) is 48.2 Å². The van der Waals surface area contributed by atoms with E-state index in [9.17, 15) is 21.6 Å². The molecule has 1 aromatic heterocycles. The lowest BCUT2D eigenvalue weighted by molar-refractivity contribution is -0.141. The predicted molar refractivity (Wildman–Crippen MR) is 68.8 cm³/mol. The Morgan fingerprint density at radius 1 is 1.05 bits per heavy atom. The molecule has 1 heterocycles. The third-order valence-electron chi connectivity index (χ3n) is 2.34. The van der Waals surface area contributed by atoms with E-state index in [1.54, 1.807) is 0 Å². The van der Waals surface area contributed by atoms with E-state index in [-0.39, 0.29) is 16.5 Å². The molecule has 0 fully saturated rings. The lowest BCUT2D eigenvalue weighted by atomic mass is 10.3. The van der Waals surface area contributed by atoms with E-state index in [1.807, 2.05) is 0 Å². The number of ether oxygens (including phenoxy) is 1. The van der Waals surface area contributed by atoms with Gasteiger partial charge in [0.25, 0.3) is 9.05 Å². The van der Waals surface area contributed by atoms with E-state index >= 15 is 0 Å². The summed E-state index contributed by atoms with van der Waals surface area (Å²) in [7, 11) is 1.27. The number of rotatable bonds is 3. The van der Waals surface area contributed by atoms with Crippen LogP contribution in [0.4, 0.5) is 13.2 Å².